The summed E-state index contributed by atoms with van der Waals surface area (Å²) >= 11 is 0. The molecule has 0 fully saturated rings. The first kappa shape index (κ1) is 34.0. The van der Waals surface area contributed by atoms with E-state index in [0.717, 1.165) is 0 Å². The summed E-state index contributed by atoms with van der Waals surface area (Å²) < 4.78 is 42.9. The van der Waals surface area contributed by atoms with Crippen LogP contribution in [-0.4, -0.2) is 46.3 Å². The van der Waals surface area contributed by atoms with E-state index in [2.05, 4.69) is 9.51 Å². The summed E-state index contributed by atoms with van der Waals surface area (Å²) in [7, 11) is 1.71. The predicted octanol–water partition coefficient (Wildman–Crippen LogP) is -2.68. The monoisotopic (exact) mass is 587 g/mol. The molecule has 11 nitrogen and oxygen atoms in total. The fourth-order valence-corrected chi connectivity index (χ4v) is 4.59. The Kier molecular flexibility index (Phi) is 12.0. The number of carbonyl (C=O) groups excluding carboxylic acids is 1. The molecule has 3 aromatic carbocycles. The third-order valence-electron chi connectivity index (χ3n) is 5.82. The molecule has 0 bridgehead atoms. The van der Waals surface area contributed by atoms with Crippen LogP contribution in [0.2, 0.25) is 0 Å². The molecule has 1 heterocycles. The number of hydrogen-bond donors (Lipinski definition) is 1. The Morgan fingerprint density at radius 3 is 1.88 bits per heavy atom. The van der Waals surface area contributed by atoms with Crippen LogP contribution in [0.5, 0.6) is 34.5 Å². The van der Waals surface area contributed by atoms with Crippen LogP contribution >= 0.6 is 7.82 Å². The van der Waals surface area contributed by atoms with Gasteiger partial charge in [0.2, 0.25) is 5.75 Å². The van der Waals surface area contributed by atoms with Crippen molar-refractivity contribution in [2.45, 2.75) is 0 Å². The van der Waals surface area contributed by atoms with Gasteiger partial charge in [0.15, 0.2) is 28.8 Å². The van der Waals surface area contributed by atoms with Gasteiger partial charge in [0, 0.05) is 11.1 Å². The molecule has 0 atom stereocenters. The van der Waals surface area contributed by atoms with Crippen molar-refractivity contribution in [3.63, 3.8) is 0 Å². The number of benzene rings is 3. The van der Waals surface area contributed by atoms with Crippen LogP contribution in [0.15, 0.2) is 48.5 Å². The number of rotatable bonds is 10. The van der Waals surface area contributed by atoms with Gasteiger partial charge in [-0.1, -0.05) is 6.07 Å². The van der Waals surface area contributed by atoms with Crippen molar-refractivity contribution >= 4 is 24.5 Å². The molecule has 0 aliphatic rings. The normalized spacial score (nSPS) is 10.7. The Labute approximate surface area is 274 Å². The number of aromatic nitrogens is 1. The predicted molar refractivity (Wildman–Crippen MR) is 135 cm³/mol. The number of carbonyl (C=O) groups is 1. The van der Waals surface area contributed by atoms with Crippen molar-refractivity contribution < 1.29 is 106 Å². The van der Waals surface area contributed by atoms with Crippen molar-refractivity contribution in [3.8, 4) is 45.8 Å². The van der Waals surface area contributed by atoms with Crippen LogP contribution < -0.4 is 97.1 Å². The summed E-state index contributed by atoms with van der Waals surface area (Å²) in [4.78, 5) is 40.0. The van der Waals surface area contributed by atoms with E-state index in [1.54, 1.807) is 24.3 Å². The third-order valence-corrected chi connectivity index (χ3v) is 6.24. The molecule has 0 saturated carbocycles. The summed E-state index contributed by atoms with van der Waals surface area (Å²) in [5.74, 6) is 0.582. The first-order chi connectivity index (χ1) is 18.1. The standard InChI is InChI=1S/C26H26NO10P.2Na/c1-32-17-10-9-14(11-19(17)37-38(29,30)31)24-23(22-16(27-24)7-6-8-18(22)33-2)25(28)15-12-20(34-3)26(36-5)21(13-15)35-4;;/h6-13,27H,1-5H3,(H2,29,30,31);;/q;2*+1/p-2. The fraction of sp³-hybridized carbons (Fsp3) is 0.192. The molecular weight excluding hydrogens is 563 g/mol. The third kappa shape index (κ3) is 6.82. The van der Waals surface area contributed by atoms with Crippen LogP contribution in [0.1, 0.15) is 15.9 Å². The number of phosphoric ester groups is 1. The molecule has 0 saturated heterocycles. The molecule has 14 heteroatoms. The van der Waals surface area contributed by atoms with E-state index in [9.17, 15) is 19.1 Å². The molecule has 4 aromatic rings. The molecule has 0 radical (unpaired) electrons. The van der Waals surface area contributed by atoms with Gasteiger partial charge in [-0.3, -0.25) is 4.79 Å². The van der Waals surface area contributed by atoms with Crippen molar-refractivity contribution in [1.29, 1.82) is 0 Å². The van der Waals surface area contributed by atoms with Crippen LogP contribution in [0, 0.1) is 0 Å². The number of H-pyrrole nitrogens is 1. The molecule has 1 aromatic heterocycles. The Hall–Kier alpha value is -2.18. The van der Waals surface area contributed by atoms with E-state index in [4.69, 9.17) is 23.7 Å². The summed E-state index contributed by atoms with van der Waals surface area (Å²) in [6.45, 7) is 0. The SMILES string of the molecule is COc1ccc(-c2[nH]c3cccc(OC)c3c2C(=O)c2cc(OC)c(OC)c(OC)c2)cc1OP(=O)([O-])[O-].[Na+].[Na+]. The molecule has 0 aliphatic heterocycles. The second-order valence-electron chi connectivity index (χ2n) is 7.91. The summed E-state index contributed by atoms with van der Waals surface area (Å²) in [5.41, 5.74) is 1.69. The van der Waals surface area contributed by atoms with E-state index in [-0.39, 0.29) is 93.2 Å². The number of ketones is 1. The maximum Gasteiger partial charge on any atom is 1.00 e. The molecule has 4 rings (SSSR count). The van der Waals surface area contributed by atoms with Gasteiger partial charge in [0.1, 0.15) is 13.6 Å². The Morgan fingerprint density at radius 2 is 1.35 bits per heavy atom. The largest absolute Gasteiger partial charge is 1.00 e. The van der Waals surface area contributed by atoms with E-state index < -0.39 is 13.6 Å². The minimum atomic E-state index is -5.40. The summed E-state index contributed by atoms with van der Waals surface area (Å²) in [5, 5.41) is 0.486. The number of aromatic amines is 1. The minimum absolute atomic E-state index is 0. The van der Waals surface area contributed by atoms with Crippen LogP contribution in [0.4, 0.5) is 0 Å². The van der Waals surface area contributed by atoms with Gasteiger partial charge in [-0.2, -0.15) is 0 Å². The maximum absolute atomic E-state index is 14.1. The van der Waals surface area contributed by atoms with Crippen LogP contribution in [0.25, 0.3) is 22.2 Å². The van der Waals surface area contributed by atoms with Crippen LogP contribution in [-0.2, 0) is 4.57 Å². The summed E-state index contributed by atoms with van der Waals surface area (Å²) in [6.07, 6.45) is 0. The zero-order valence-electron chi connectivity index (χ0n) is 23.1. The van der Waals surface area contributed by atoms with Gasteiger partial charge in [0.05, 0.1) is 57.7 Å². The van der Waals surface area contributed by atoms with E-state index in [1.165, 1.54) is 59.8 Å². The number of hydrogen-bond acceptors (Lipinski definition) is 10. The Balaban J connectivity index is 0.00000280. The Bertz CT molecular complexity index is 1540. The van der Waals surface area contributed by atoms with Gasteiger partial charge in [0.25, 0.3) is 0 Å². The first-order valence-corrected chi connectivity index (χ1v) is 12.5. The molecule has 200 valence electrons. The van der Waals surface area contributed by atoms with Gasteiger partial charge < -0.3 is 47.5 Å². The zero-order chi connectivity index (χ0) is 27.6. The molecule has 0 spiro atoms. The van der Waals surface area contributed by atoms with Gasteiger partial charge >= 0.3 is 59.1 Å². The van der Waals surface area contributed by atoms with Crippen LogP contribution in [0.3, 0.4) is 0 Å². The number of methoxy groups -OCH3 is 5. The number of fused-ring (bicyclic) bond motifs is 1. The van der Waals surface area contributed by atoms with E-state index in [0.29, 0.717) is 33.7 Å². The molecule has 40 heavy (non-hydrogen) atoms. The number of nitrogens with one attached hydrogen (secondary N) is 1. The van der Waals surface area contributed by atoms with Crippen molar-refractivity contribution in [2.24, 2.45) is 0 Å². The molecular formula is C26H24NNa2O10P. The average molecular weight is 587 g/mol. The molecule has 0 unspecified atom stereocenters. The number of ether oxygens (including phenoxy) is 5. The zero-order valence-corrected chi connectivity index (χ0v) is 28.0. The quantitative estimate of drug-likeness (QED) is 0.118. The van der Waals surface area contributed by atoms with E-state index >= 15 is 0 Å². The van der Waals surface area contributed by atoms with Gasteiger partial charge in [-0.15, -0.1) is 0 Å². The van der Waals surface area contributed by atoms with Gasteiger partial charge in [-0.05, 0) is 42.5 Å². The van der Waals surface area contributed by atoms with Crippen molar-refractivity contribution in [3.05, 3.63) is 59.7 Å². The van der Waals surface area contributed by atoms with Crippen molar-refractivity contribution in [1.82, 2.24) is 4.98 Å². The number of phosphoric acid groups is 1. The molecule has 0 aliphatic carbocycles. The first-order valence-electron chi connectivity index (χ1n) is 11.1. The minimum Gasteiger partial charge on any atom is -0.780 e. The fourth-order valence-electron chi connectivity index (χ4n) is 4.21. The topological polar surface area (TPSA) is 151 Å². The maximum atomic E-state index is 14.1. The smallest absolute Gasteiger partial charge is 0.780 e. The second kappa shape index (κ2) is 14.1. The summed E-state index contributed by atoms with van der Waals surface area (Å²) in [6, 6.07) is 12.6. The van der Waals surface area contributed by atoms with E-state index in [1.807, 2.05) is 0 Å². The second-order valence-corrected chi connectivity index (χ2v) is 8.98. The molecule has 1 N–H and O–H groups in total. The Morgan fingerprint density at radius 1 is 0.750 bits per heavy atom. The average Bonchev–Trinajstić information content (AvgIpc) is 3.30. The van der Waals surface area contributed by atoms with Crippen molar-refractivity contribution in [2.75, 3.05) is 35.5 Å². The van der Waals surface area contributed by atoms with Gasteiger partial charge in [-0.25, -0.2) is 0 Å². The molecule has 0 amide bonds.